The molecule has 0 spiro atoms. The fraction of sp³-hybridized carbons (Fsp3) is 0.132. The highest BCUT2D eigenvalue weighted by Crippen LogP contribution is 2.30. The molecule has 0 aliphatic carbocycles. The topological polar surface area (TPSA) is 124 Å². The van der Waals surface area contributed by atoms with Crippen molar-refractivity contribution >= 4 is 27.3 Å². The molecule has 0 unspecified atom stereocenters. The van der Waals surface area contributed by atoms with Gasteiger partial charge in [0.25, 0.3) is 5.56 Å². The molecule has 12 heteroatoms. The summed E-state index contributed by atoms with van der Waals surface area (Å²) in [7, 11) is 0. The number of H-pyrrole nitrogens is 1. The van der Waals surface area contributed by atoms with Gasteiger partial charge in [-0.3, -0.25) is 23.4 Å². The second-order valence-electron chi connectivity index (χ2n) is 11.5. The first-order valence-corrected chi connectivity index (χ1v) is 16.7. The van der Waals surface area contributed by atoms with Crippen LogP contribution < -0.4 is 17.0 Å². The maximum atomic E-state index is 14.2. The maximum Gasteiger partial charge on any atom is 0.439 e. The van der Waals surface area contributed by atoms with E-state index in [1.165, 1.54) is 23.5 Å². The average molecular weight is 688 g/mol. The lowest BCUT2D eigenvalue weighted by atomic mass is 9.98. The Morgan fingerprint density at radius 3 is 2.30 bits per heavy atom. The molecule has 7 aromatic rings. The molecule has 0 bridgehead atoms. The van der Waals surface area contributed by atoms with Gasteiger partial charge in [-0.25, -0.2) is 14.0 Å². The third-order valence-electron chi connectivity index (χ3n) is 8.26. The van der Waals surface area contributed by atoms with Crippen LogP contribution in [0.2, 0.25) is 0 Å². The summed E-state index contributed by atoms with van der Waals surface area (Å²) in [5.41, 5.74) is 4.01. The van der Waals surface area contributed by atoms with Gasteiger partial charge in [0.2, 0.25) is 0 Å². The third-order valence-corrected chi connectivity index (χ3v) is 9.56. The molecule has 4 aromatic carbocycles. The zero-order chi connectivity index (χ0) is 34.6. The monoisotopic (exact) mass is 687 g/mol. The number of benzene rings is 4. The Labute approximate surface area is 288 Å². The first kappa shape index (κ1) is 32.4. The molecule has 1 N–H and O–H groups in total. The number of thiophene rings is 1. The zero-order valence-electron chi connectivity index (χ0n) is 26.8. The van der Waals surface area contributed by atoms with Gasteiger partial charge in [-0.15, -0.1) is 11.3 Å². The molecule has 0 amide bonds. The summed E-state index contributed by atoms with van der Waals surface area (Å²) >= 11 is 1.42. The molecule has 3 aromatic heterocycles. The van der Waals surface area contributed by atoms with Crippen molar-refractivity contribution in [1.82, 2.24) is 19.3 Å². The number of oxime groups is 1. The first-order valence-electron chi connectivity index (χ1n) is 15.9. The van der Waals surface area contributed by atoms with Gasteiger partial charge in [0.15, 0.2) is 5.82 Å². The van der Waals surface area contributed by atoms with E-state index in [1.807, 2.05) is 91.9 Å². The van der Waals surface area contributed by atoms with Gasteiger partial charge in [-0.05, 0) is 46.9 Å². The first-order chi connectivity index (χ1) is 24.4. The summed E-state index contributed by atoms with van der Waals surface area (Å²) in [5, 5.41) is 8.61. The Balaban J connectivity index is 1.25. The molecule has 0 atom stereocenters. The molecule has 250 valence electrons. The van der Waals surface area contributed by atoms with E-state index in [0.29, 0.717) is 39.3 Å². The number of aryl methyl sites for hydroxylation is 1. The number of halogens is 1. The molecule has 0 saturated carbocycles. The fourth-order valence-corrected chi connectivity index (χ4v) is 6.76. The normalized spacial score (nSPS) is 11.7. The van der Waals surface area contributed by atoms with Crippen molar-refractivity contribution in [3.8, 4) is 22.5 Å². The van der Waals surface area contributed by atoms with E-state index >= 15 is 0 Å². The Morgan fingerprint density at radius 2 is 1.60 bits per heavy atom. The fourth-order valence-electron chi connectivity index (χ4n) is 5.69. The Morgan fingerprint density at radius 1 is 0.880 bits per heavy atom. The van der Waals surface area contributed by atoms with Gasteiger partial charge in [0.1, 0.15) is 23.0 Å². The molecule has 3 heterocycles. The van der Waals surface area contributed by atoms with Crippen LogP contribution in [0.1, 0.15) is 28.5 Å². The number of aromatic amines is 1. The summed E-state index contributed by atoms with van der Waals surface area (Å²) in [6.45, 7) is 2.18. The molecule has 0 aliphatic heterocycles. The van der Waals surface area contributed by atoms with Gasteiger partial charge in [-0.1, -0.05) is 108 Å². The third kappa shape index (κ3) is 6.74. The van der Waals surface area contributed by atoms with Gasteiger partial charge in [0, 0.05) is 16.0 Å². The molecule has 7 rings (SSSR count). The zero-order valence-corrected chi connectivity index (χ0v) is 27.7. The summed E-state index contributed by atoms with van der Waals surface area (Å²) in [4.78, 5) is 49.6. The number of nitrogens with zero attached hydrogens (tertiary/aromatic N) is 4. The van der Waals surface area contributed by atoms with Crippen LogP contribution in [0.25, 0.3) is 32.7 Å². The van der Waals surface area contributed by atoms with E-state index in [-0.39, 0.29) is 19.7 Å². The van der Waals surface area contributed by atoms with Crippen LogP contribution >= 0.6 is 11.3 Å². The minimum Gasteiger partial charge on any atom is -0.391 e. The number of fused-ring (bicyclic) bond motifs is 1. The van der Waals surface area contributed by atoms with E-state index in [9.17, 15) is 18.8 Å². The number of aromatic nitrogens is 4. The number of rotatable bonds is 11. The Kier molecular flexibility index (Phi) is 9.17. The van der Waals surface area contributed by atoms with Crippen molar-refractivity contribution in [2.45, 2.75) is 33.0 Å². The maximum absolute atomic E-state index is 14.2. The van der Waals surface area contributed by atoms with Gasteiger partial charge in [-0.2, -0.15) is 0 Å². The van der Waals surface area contributed by atoms with E-state index in [4.69, 9.17) is 9.36 Å². The van der Waals surface area contributed by atoms with Crippen LogP contribution in [0.15, 0.2) is 133 Å². The molecule has 0 radical (unpaired) electrons. The second kappa shape index (κ2) is 14.1. The summed E-state index contributed by atoms with van der Waals surface area (Å²) < 4.78 is 21.4. The molecular weight excluding hydrogens is 658 g/mol. The second-order valence-corrected chi connectivity index (χ2v) is 12.7. The molecule has 0 saturated heterocycles. The van der Waals surface area contributed by atoms with Crippen molar-refractivity contribution in [2.75, 3.05) is 0 Å². The van der Waals surface area contributed by atoms with E-state index in [2.05, 4.69) is 15.3 Å². The number of hydrogen-bond acceptors (Lipinski definition) is 8. The average Bonchev–Trinajstić information content (AvgIpc) is 3.79. The minimum atomic E-state index is -0.640. The highest BCUT2D eigenvalue weighted by atomic mass is 32.1. The quantitative estimate of drug-likeness (QED) is 0.121. The van der Waals surface area contributed by atoms with E-state index in [0.717, 1.165) is 31.7 Å². The molecular formula is C38H30FN5O5S. The van der Waals surface area contributed by atoms with Gasteiger partial charge < -0.3 is 4.84 Å². The smallest absolute Gasteiger partial charge is 0.391 e. The van der Waals surface area contributed by atoms with Crippen LogP contribution in [0.3, 0.4) is 0 Å². The standard InChI is InChI=1S/C38H30FN5O5S/c1-2-29-20-32-35(45)43(22-33(27-16-18-28(39)19-17-27)41-48-23-25-8-4-3-5-9-25)38(47)44(36(32)50-29)21-24-12-14-26(15-13-24)30-10-6-7-11-31(30)34-40-37(46)49-42-34/h3-20H,2,21-23H2,1H3,(H,40,42,46). The number of hydrogen-bond donors (Lipinski definition) is 1. The van der Waals surface area contributed by atoms with Crippen molar-refractivity contribution in [3.05, 3.63) is 168 Å². The lowest BCUT2D eigenvalue weighted by Gasteiger charge is -2.14. The minimum absolute atomic E-state index is 0.172. The molecule has 0 aliphatic rings. The van der Waals surface area contributed by atoms with Crippen molar-refractivity contribution in [2.24, 2.45) is 5.16 Å². The molecule has 0 fully saturated rings. The summed E-state index contributed by atoms with van der Waals surface area (Å²) in [6.07, 6.45) is 0.702. The SMILES string of the molecule is CCc1cc2c(=O)n(CC(=NOCc3ccccc3)c3ccc(F)cc3)c(=O)n(Cc3ccc(-c4ccccc4-c4noc(=O)[nH]4)cc3)c2s1. The largest absolute Gasteiger partial charge is 0.439 e. The van der Waals surface area contributed by atoms with Gasteiger partial charge in [0.05, 0.1) is 18.5 Å². The molecule has 50 heavy (non-hydrogen) atoms. The molecule has 10 nitrogen and oxygen atoms in total. The Hall–Kier alpha value is -6.14. The Bertz CT molecular complexity index is 2500. The van der Waals surface area contributed by atoms with Crippen LogP contribution in [0.4, 0.5) is 4.39 Å². The lowest BCUT2D eigenvalue weighted by molar-refractivity contribution is 0.130. The summed E-state index contributed by atoms with van der Waals surface area (Å²) in [5.74, 6) is -0.740. The van der Waals surface area contributed by atoms with Gasteiger partial charge >= 0.3 is 11.4 Å². The van der Waals surface area contributed by atoms with Crippen LogP contribution in [0, 0.1) is 5.82 Å². The highest BCUT2D eigenvalue weighted by molar-refractivity contribution is 7.18. The predicted octanol–water partition coefficient (Wildman–Crippen LogP) is 6.61. The van der Waals surface area contributed by atoms with E-state index < -0.39 is 22.8 Å². The highest BCUT2D eigenvalue weighted by Gasteiger charge is 2.19. The van der Waals surface area contributed by atoms with Crippen molar-refractivity contribution in [1.29, 1.82) is 0 Å². The predicted molar refractivity (Wildman–Crippen MR) is 191 cm³/mol. The van der Waals surface area contributed by atoms with Crippen molar-refractivity contribution in [3.63, 3.8) is 0 Å². The van der Waals surface area contributed by atoms with Crippen LogP contribution in [-0.4, -0.2) is 25.0 Å². The summed E-state index contributed by atoms with van der Waals surface area (Å²) in [6, 6.07) is 32.2. The van der Waals surface area contributed by atoms with Crippen LogP contribution in [0.5, 0.6) is 0 Å². The lowest BCUT2D eigenvalue weighted by Crippen LogP contribution is -2.41. The van der Waals surface area contributed by atoms with Crippen molar-refractivity contribution < 1.29 is 13.8 Å². The number of nitrogens with one attached hydrogen (secondary N) is 1. The van der Waals surface area contributed by atoms with E-state index in [1.54, 1.807) is 16.7 Å². The van der Waals surface area contributed by atoms with Crippen LogP contribution in [-0.2, 0) is 31.0 Å².